The number of hydrogen-bond acceptors (Lipinski definition) is 2. The Morgan fingerprint density at radius 1 is 1.50 bits per heavy atom. The van der Waals surface area contributed by atoms with Crippen LogP contribution in [0.1, 0.15) is 52.5 Å². The molecule has 1 aromatic rings. The van der Waals surface area contributed by atoms with Gasteiger partial charge in [0.1, 0.15) is 0 Å². The maximum Gasteiger partial charge on any atom is 0.00956 e. The highest BCUT2D eigenvalue weighted by Gasteiger charge is 2.32. The second-order valence-electron chi connectivity index (χ2n) is 6.89. The van der Waals surface area contributed by atoms with E-state index in [4.69, 9.17) is 0 Å². The van der Waals surface area contributed by atoms with Crippen LogP contribution in [0.15, 0.2) is 16.8 Å². The van der Waals surface area contributed by atoms with Crippen LogP contribution in [0.2, 0.25) is 0 Å². The molecule has 1 nitrogen and oxygen atoms in total. The van der Waals surface area contributed by atoms with E-state index in [9.17, 15) is 0 Å². The molecule has 0 aromatic carbocycles. The van der Waals surface area contributed by atoms with Crippen LogP contribution in [-0.4, -0.2) is 12.1 Å². The molecule has 1 aliphatic carbocycles. The fraction of sp³-hybridized carbons (Fsp3) is 0.750. The molecular weight excluding hydrogens is 238 g/mol. The molecule has 18 heavy (non-hydrogen) atoms. The third-order valence-electron chi connectivity index (χ3n) is 4.31. The lowest BCUT2D eigenvalue weighted by Crippen LogP contribution is -2.46. The monoisotopic (exact) mass is 265 g/mol. The summed E-state index contributed by atoms with van der Waals surface area (Å²) in [5.74, 6) is 0.804. The molecule has 1 fully saturated rings. The van der Waals surface area contributed by atoms with Crippen molar-refractivity contribution in [3.63, 3.8) is 0 Å². The van der Waals surface area contributed by atoms with Crippen LogP contribution in [-0.2, 0) is 6.42 Å². The third kappa shape index (κ3) is 3.83. The summed E-state index contributed by atoms with van der Waals surface area (Å²) in [5, 5.41) is 8.29. The van der Waals surface area contributed by atoms with Crippen LogP contribution in [0.25, 0.3) is 0 Å². The van der Waals surface area contributed by atoms with E-state index in [1.54, 1.807) is 11.3 Å². The van der Waals surface area contributed by atoms with Gasteiger partial charge in [0.2, 0.25) is 0 Å². The Hall–Kier alpha value is -0.340. The van der Waals surface area contributed by atoms with Crippen LogP contribution in [0.4, 0.5) is 0 Å². The molecule has 0 amide bonds. The first-order valence-electron chi connectivity index (χ1n) is 7.23. The van der Waals surface area contributed by atoms with Crippen molar-refractivity contribution in [1.82, 2.24) is 5.32 Å². The first kappa shape index (κ1) is 14.1. The minimum absolute atomic E-state index is 0.550. The Morgan fingerprint density at radius 2 is 2.28 bits per heavy atom. The van der Waals surface area contributed by atoms with E-state index in [0.717, 1.165) is 12.3 Å². The van der Waals surface area contributed by atoms with E-state index < -0.39 is 0 Å². The molecule has 1 aliphatic rings. The summed E-state index contributed by atoms with van der Waals surface area (Å²) in [5.41, 5.74) is 2.03. The minimum atomic E-state index is 0.550. The predicted octanol–water partition coefficient (Wildman–Crippen LogP) is 4.48. The van der Waals surface area contributed by atoms with Crippen molar-refractivity contribution >= 4 is 11.3 Å². The van der Waals surface area contributed by atoms with Crippen LogP contribution in [0.5, 0.6) is 0 Å². The average Bonchev–Trinajstić information content (AvgIpc) is 2.74. The molecule has 1 aromatic heterocycles. The molecule has 1 saturated carbocycles. The first-order chi connectivity index (χ1) is 8.46. The van der Waals surface area contributed by atoms with Crippen molar-refractivity contribution in [3.05, 3.63) is 22.4 Å². The molecular formula is C16H27NS. The molecule has 1 N–H and O–H groups in total. The van der Waals surface area contributed by atoms with Crippen molar-refractivity contribution in [1.29, 1.82) is 0 Å². The minimum Gasteiger partial charge on any atom is -0.311 e. The summed E-state index contributed by atoms with van der Waals surface area (Å²) < 4.78 is 0. The average molecular weight is 265 g/mol. The summed E-state index contributed by atoms with van der Waals surface area (Å²) >= 11 is 1.80. The van der Waals surface area contributed by atoms with Gasteiger partial charge in [0.15, 0.2) is 0 Å². The summed E-state index contributed by atoms with van der Waals surface area (Å²) in [6, 6.07) is 3.55. The van der Waals surface area contributed by atoms with Crippen molar-refractivity contribution in [2.45, 2.75) is 65.5 Å². The van der Waals surface area contributed by atoms with Crippen LogP contribution in [0.3, 0.4) is 0 Å². The topological polar surface area (TPSA) is 12.0 Å². The zero-order valence-corrected chi connectivity index (χ0v) is 13.0. The Labute approximate surface area is 116 Å². The van der Waals surface area contributed by atoms with E-state index in [-0.39, 0.29) is 0 Å². The highest BCUT2D eigenvalue weighted by Crippen LogP contribution is 2.38. The predicted molar refractivity (Wildman–Crippen MR) is 81.2 cm³/mol. The summed E-state index contributed by atoms with van der Waals surface area (Å²) in [4.78, 5) is 0. The van der Waals surface area contributed by atoms with E-state index in [1.165, 1.54) is 24.8 Å². The van der Waals surface area contributed by atoms with E-state index in [0.29, 0.717) is 17.5 Å². The normalized spacial score (nSPS) is 29.1. The highest BCUT2D eigenvalue weighted by molar-refractivity contribution is 7.07. The van der Waals surface area contributed by atoms with Gasteiger partial charge in [-0.2, -0.15) is 11.3 Å². The van der Waals surface area contributed by atoms with Gasteiger partial charge >= 0.3 is 0 Å². The maximum atomic E-state index is 3.85. The van der Waals surface area contributed by atoms with E-state index in [2.05, 4.69) is 49.8 Å². The van der Waals surface area contributed by atoms with Crippen LogP contribution in [0, 0.1) is 11.3 Å². The van der Waals surface area contributed by atoms with Gasteiger partial charge in [0.25, 0.3) is 0 Å². The second-order valence-corrected chi connectivity index (χ2v) is 7.67. The van der Waals surface area contributed by atoms with E-state index >= 15 is 0 Å². The Kier molecular flexibility index (Phi) is 4.50. The van der Waals surface area contributed by atoms with Gasteiger partial charge in [-0.15, -0.1) is 0 Å². The zero-order chi connectivity index (χ0) is 13.2. The number of hydrogen-bond donors (Lipinski definition) is 1. The van der Waals surface area contributed by atoms with Crippen LogP contribution < -0.4 is 5.32 Å². The van der Waals surface area contributed by atoms with Crippen molar-refractivity contribution in [3.8, 4) is 0 Å². The zero-order valence-electron chi connectivity index (χ0n) is 12.2. The molecule has 2 heteroatoms. The number of rotatable bonds is 4. The van der Waals surface area contributed by atoms with Gasteiger partial charge < -0.3 is 5.32 Å². The maximum absolute atomic E-state index is 3.85. The molecule has 0 spiro atoms. The first-order valence-corrected chi connectivity index (χ1v) is 8.18. The SMILES string of the molecule is CC(Cc1ccsc1)NC1CCC(C)(C)CC1C. The summed E-state index contributed by atoms with van der Waals surface area (Å²) in [7, 11) is 0. The Balaban J connectivity index is 1.82. The van der Waals surface area contributed by atoms with E-state index in [1.807, 2.05) is 0 Å². The summed E-state index contributed by atoms with van der Waals surface area (Å²) in [6.07, 6.45) is 5.22. The molecule has 1 heterocycles. The van der Waals surface area contributed by atoms with Gasteiger partial charge in [0, 0.05) is 12.1 Å². The van der Waals surface area contributed by atoms with Gasteiger partial charge in [-0.3, -0.25) is 0 Å². The van der Waals surface area contributed by atoms with Crippen molar-refractivity contribution in [2.24, 2.45) is 11.3 Å². The van der Waals surface area contributed by atoms with Gasteiger partial charge in [-0.25, -0.2) is 0 Å². The highest BCUT2D eigenvalue weighted by atomic mass is 32.1. The quantitative estimate of drug-likeness (QED) is 0.846. The molecule has 0 radical (unpaired) electrons. The standard InChI is InChI=1S/C16H27NS/c1-12-10-16(3,4)7-5-15(12)17-13(2)9-14-6-8-18-11-14/h6,8,11-13,15,17H,5,7,9-10H2,1-4H3. The van der Waals surface area contributed by atoms with Crippen molar-refractivity contribution < 1.29 is 0 Å². The van der Waals surface area contributed by atoms with Crippen molar-refractivity contribution in [2.75, 3.05) is 0 Å². The van der Waals surface area contributed by atoms with Gasteiger partial charge in [0.05, 0.1) is 0 Å². The Morgan fingerprint density at radius 3 is 2.89 bits per heavy atom. The molecule has 3 atom stereocenters. The fourth-order valence-corrected chi connectivity index (χ4v) is 4.06. The molecule has 0 bridgehead atoms. The lowest BCUT2D eigenvalue weighted by molar-refractivity contribution is 0.142. The smallest absolute Gasteiger partial charge is 0.00956 e. The van der Waals surface area contributed by atoms with Gasteiger partial charge in [-0.05, 0) is 66.3 Å². The third-order valence-corrected chi connectivity index (χ3v) is 5.05. The summed E-state index contributed by atoms with van der Waals surface area (Å²) in [6.45, 7) is 9.56. The second kappa shape index (κ2) is 5.75. The molecule has 3 unspecified atom stereocenters. The molecule has 0 aliphatic heterocycles. The number of thiophene rings is 1. The lowest BCUT2D eigenvalue weighted by Gasteiger charge is -2.40. The van der Waals surface area contributed by atoms with Gasteiger partial charge in [-0.1, -0.05) is 20.8 Å². The van der Waals surface area contributed by atoms with Crippen LogP contribution >= 0.6 is 11.3 Å². The molecule has 102 valence electrons. The Bertz CT molecular complexity index is 355. The molecule has 0 saturated heterocycles. The lowest BCUT2D eigenvalue weighted by atomic mass is 9.70. The largest absolute Gasteiger partial charge is 0.311 e. The molecule has 2 rings (SSSR count). The fourth-order valence-electron chi connectivity index (χ4n) is 3.38. The number of nitrogens with one attached hydrogen (secondary N) is 1.